The topological polar surface area (TPSA) is 72.9 Å². The molecular weight excluding hydrogens is 318 g/mol. The number of ether oxygens (including phenoxy) is 2. The zero-order valence-electron chi connectivity index (χ0n) is 11.1. The fourth-order valence-corrected chi connectivity index (χ4v) is 4.47. The number of fused-ring (bicyclic) bond motifs is 1. The Morgan fingerprint density at radius 2 is 2.10 bits per heavy atom. The van der Waals surface area contributed by atoms with E-state index in [-0.39, 0.29) is 36.1 Å². The maximum Gasteiger partial charge on any atom is 0.242 e. The van der Waals surface area contributed by atoms with Crippen LogP contribution >= 0.6 is 11.6 Å². The van der Waals surface area contributed by atoms with Crippen molar-refractivity contribution in [2.45, 2.75) is 12.5 Å². The van der Waals surface area contributed by atoms with Gasteiger partial charge in [0.1, 0.15) is 5.88 Å². The molecule has 0 spiro atoms. The summed E-state index contributed by atoms with van der Waals surface area (Å²) in [5, 5.41) is 0. The number of alkyl halides is 1. The van der Waals surface area contributed by atoms with Crippen LogP contribution in [0.4, 0.5) is 5.69 Å². The van der Waals surface area contributed by atoms with E-state index < -0.39 is 9.84 Å². The van der Waals surface area contributed by atoms with Crippen LogP contribution in [0.2, 0.25) is 0 Å². The first-order valence-electron chi connectivity index (χ1n) is 6.48. The van der Waals surface area contributed by atoms with E-state index in [9.17, 15) is 13.2 Å². The van der Waals surface area contributed by atoms with Gasteiger partial charge in [-0.2, -0.15) is 0 Å². The van der Waals surface area contributed by atoms with Crippen LogP contribution in [-0.2, 0) is 14.6 Å². The Balaban J connectivity index is 1.94. The van der Waals surface area contributed by atoms with Crippen molar-refractivity contribution in [1.82, 2.24) is 0 Å². The lowest BCUT2D eigenvalue weighted by atomic mass is 10.1. The molecular formula is C13H14ClNO5S. The van der Waals surface area contributed by atoms with E-state index in [4.69, 9.17) is 21.1 Å². The fraction of sp³-hybridized carbons (Fsp3) is 0.462. The number of halogens is 1. The Hall–Kier alpha value is -1.47. The van der Waals surface area contributed by atoms with Gasteiger partial charge in [0.25, 0.3) is 0 Å². The second-order valence-corrected chi connectivity index (χ2v) is 7.49. The molecule has 2 aliphatic rings. The smallest absolute Gasteiger partial charge is 0.242 e. The molecule has 0 radical (unpaired) electrons. The first-order chi connectivity index (χ1) is 10.00. The standard InChI is InChI=1S/C13H14ClNO5S/c14-6-13(16)15(10-3-4-21(17,18)7-10)9-1-2-11-12(5-9)20-8-19-11/h1-2,5,10H,3-4,6-8H2/t10-/m1/s1. The highest BCUT2D eigenvalue weighted by Crippen LogP contribution is 2.37. The van der Waals surface area contributed by atoms with Crippen molar-refractivity contribution in [3.63, 3.8) is 0 Å². The minimum atomic E-state index is -3.09. The van der Waals surface area contributed by atoms with E-state index in [1.54, 1.807) is 18.2 Å². The fourth-order valence-electron chi connectivity index (χ4n) is 2.64. The lowest BCUT2D eigenvalue weighted by molar-refractivity contribution is -0.116. The molecule has 1 atom stereocenters. The van der Waals surface area contributed by atoms with Gasteiger partial charge in [0, 0.05) is 11.8 Å². The van der Waals surface area contributed by atoms with E-state index in [1.165, 1.54) is 4.90 Å². The first-order valence-corrected chi connectivity index (χ1v) is 8.84. The second kappa shape index (κ2) is 5.38. The van der Waals surface area contributed by atoms with Crippen molar-refractivity contribution < 1.29 is 22.7 Å². The maximum absolute atomic E-state index is 12.1. The Labute approximate surface area is 127 Å². The highest BCUT2D eigenvalue weighted by Gasteiger charge is 2.35. The lowest BCUT2D eigenvalue weighted by Gasteiger charge is -2.27. The number of anilines is 1. The molecule has 2 heterocycles. The highest BCUT2D eigenvalue weighted by molar-refractivity contribution is 7.91. The molecule has 1 aromatic rings. The summed E-state index contributed by atoms with van der Waals surface area (Å²) in [6.45, 7) is 0.139. The molecule has 21 heavy (non-hydrogen) atoms. The third-order valence-corrected chi connectivity index (χ3v) is 5.57. The van der Waals surface area contributed by atoms with E-state index in [2.05, 4.69) is 0 Å². The monoisotopic (exact) mass is 331 g/mol. The van der Waals surface area contributed by atoms with Crippen LogP contribution in [0.3, 0.4) is 0 Å². The summed E-state index contributed by atoms with van der Waals surface area (Å²) in [5.74, 6) is 0.679. The predicted octanol–water partition coefficient (Wildman–Crippen LogP) is 1.17. The molecule has 1 saturated heterocycles. The molecule has 8 heteroatoms. The Bertz CT molecular complexity index is 675. The third-order valence-electron chi connectivity index (χ3n) is 3.59. The molecule has 0 bridgehead atoms. The minimum Gasteiger partial charge on any atom is -0.454 e. The Kier molecular flexibility index (Phi) is 3.71. The Morgan fingerprint density at radius 1 is 1.33 bits per heavy atom. The van der Waals surface area contributed by atoms with Crippen LogP contribution in [0.15, 0.2) is 18.2 Å². The van der Waals surface area contributed by atoms with Gasteiger partial charge in [-0.05, 0) is 18.6 Å². The molecule has 0 aliphatic carbocycles. The number of amides is 1. The lowest BCUT2D eigenvalue weighted by Crippen LogP contribution is -2.42. The number of nitrogens with zero attached hydrogens (tertiary/aromatic N) is 1. The van der Waals surface area contributed by atoms with Crippen molar-refractivity contribution in [2.24, 2.45) is 0 Å². The zero-order chi connectivity index (χ0) is 15.0. The summed E-state index contributed by atoms with van der Waals surface area (Å²) in [7, 11) is -3.09. The number of sulfone groups is 1. The van der Waals surface area contributed by atoms with Crippen LogP contribution in [0.5, 0.6) is 11.5 Å². The van der Waals surface area contributed by atoms with Gasteiger partial charge < -0.3 is 14.4 Å². The average Bonchev–Trinajstić information content (AvgIpc) is 3.04. The number of benzene rings is 1. The molecule has 1 amide bonds. The summed E-state index contributed by atoms with van der Waals surface area (Å²) in [4.78, 5) is 13.6. The summed E-state index contributed by atoms with van der Waals surface area (Å²) >= 11 is 5.67. The molecule has 3 rings (SSSR count). The molecule has 0 unspecified atom stereocenters. The van der Waals surface area contributed by atoms with Crippen LogP contribution in [0.1, 0.15) is 6.42 Å². The Morgan fingerprint density at radius 3 is 2.76 bits per heavy atom. The van der Waals surface area contributed by atoms with Gasteiger partial charge in [0.15, 0.2) is 21.3 Å². The van der Waals surface area contributed by atoms with Crippen molar-refractivity contribution in [3.05, 3.63) is 18.2 Å². The average molecular weight is 332 g/mol. The molecule has 1 aromatic carbocycles. The molecule has 0 N–H and O–H groups in total. The number of carbonyl (C=O) groups excluding carboxylic acids is 1. The molecule has 0 saturated carbocycles. The van der Waals surface area contributed by atoms with Crippen molar-refractivity contribution in [3.8, 4) is 11.5 Å². The molecule has 6 nitrogen and oxygen atoms in total. The van der Waals surface area contributed by atoms with Crippen LogP contribution < -0.4 is 14.4 Å². The van der Waals surface area contributed by atoms with Gasteiger partial charge in [-0.1, -0.05) is 0 Å². The van der Waals surface area contributed by atoms with Gasteiger partial charge in [-0.3, -0.25) is 4.79 Å². The second-order valence-electron chi connectivity index (χ2n) is 4.99. The molecule has 114 valence electrons. The third kappa shape index (κ3) is 2.80. The molecule has 1 fully saturated rings. The summed E-state index contributed by atoms with van der Waals surface area (Å²) < 4.78 is 33.8. The number of hydrogen-bond donors (Lipinski definition) is 0. The van der Waals surface area contributed by atoms with Crippen molar-refractivity contribution in [2.75, 3.05) is 29.1 Å². The number of hydrogen-bond acceptors (Lipinski definition) is 5. The van der Waals surface area contributed by atoms with Gasteiger partial charge in [0.2, 0.25) is 12.7 Å². The van der Waals surface area contributed by atoms with E-state index in [0.717, 1.165) is 0 Å². The first kappa shape index (κ1) is 14.5. The van der Waals surface area contributed by atoms with E-state index >= 15 is 0 Å². The SMILES string of the molecule is O=C(CCl)N(c1ccc2c(c1)OCO2)[C@@H]1CCS(=O)(=O)C1. The normalized spacial score (nSPS) is 22.2. The van der Waals surface area contributed by atoms with Gasteiger partial charge >= 0.3 is 0 Å². The minimum absolute atomic E-state index is 0.0376. The van der Waals surface area contributed by atoms with Gasteiger partial charge in [-0.25, -0.2) is 8.42 Å². The van der Waals surface area contributed by atoms with Crippen molar-refractivity contribution in [1.29, 1.82) is 0 Å². The summed E-state index contributed by atoms with van der Waals surface area (Å²) in [6, 6.07) is 4.71. The maximum atomic E-state index is 12.1. The highest BCUT2D eigenvalue weighted by atomic mass is 35.5. The van der Waals surface area contributed by atoms with Crippen LogP contribution in [-0.4, -0.2) is 44.5 Å². The predicted molar refractivity (Wildman–Crippen MR) is 77.8 cm³/mol. The van der Waals surface area contributed by atoms with Gasteiger partial charge in [0.05, 0.1) is 17.5 Å². The van der Waals surface area contributed by atoms with E-state index in [1.807, 2.05) is 0 Å². The zero-order valence-corrected chi connectivity index (χ0v) is 12.7. The van der Waals surface area contributed by atoms with E-state index in [0.29, 0.717) is 23.6 Å². The summed E-state index contributed by atoms with van der Waals surface area (Å²) in [6.07, 6.45) is 0.416. The van der Waals surface area contributed by atoms with Crippen molar-refractivity contribution >= 4 is 33.0 Å². The summed E-state index contributed by atoms with van der Waals surface area (Å²) in [5.41, 5.74) is 0.576. The molecule has 0 aromatic heterocycles. The number of rotatable bonds is 3. The number of carbonyl (C=O) groups is 1. The molecule has 2 aliphatic heterocycles. The quantitative estimate of drug-likeness (QED) is 0.777. The largest absolute Gasteiger partial charge is 0.454 e. The van der Waals surface area contributed by atoms with Gasteiger partial charge in [-0.15, -0.1) is 11.6 Å². The van der Waals surface area contributed by atoms with Crippen LogP contribution in [0.25, 0.3) is 0 Å². The van der Waals surface area contributed by atoms with Crippen LogP contribution in [0, 0.1) is 0 Å².